The lowest BCUT2D eigenvalue weighted by Gasteiger charge is -2.52. The van der Waals surface area contributed by atoms with Gasteiger partial charge in [0.05, 0.1) is 0 Å². The van der Waals surface area contributed by atoms with E-state index < -0.39 is 0 Å². The maximum absolute atomic E-state index is 2.77. The first-order valence-electron chi connectivity index (χ1n) is 7.29. The van der Waals surface area contributed by atoms with E-state index in [4.69, 9.17) is 0 Å². The largest absolute Gasteiger partial charge is 0.306 e. The average Bonchev–Trinajstić information content (AvgIpc) is 2.36. The molecule has 3 heterocycles. The third kappa shape index (κ3) is 1.70. The van der Waals surface area contributed by atoms with Crippen LogP contribution in [0.3, 0.4) is 0 Å². The van der Waals surface area contributed by atoms with Crippen LogP contribution in [0.15, 0.2) is 24.3 Å². The van der Waals surface area contributed by atoms with Gasteiger partial charge >= 0.3 is 0 Å². The fourth-order valence-electron chi connectivity index (χ4n) is 4.50. The maximum Gasteiger partial charge on any atom is 0.0239 e. The van der Waals surface area contributed by atoms with E-state index in [1.165, 1.54) is 39.0 Å². The zero-order valence-electron chi connectivity index (χ0n) is 11.2. The summed E-state index contributed by atoms with van der Waals surface area (Å²) in [6, 6.07) is 9.86. The first-order chi connectivity index (χ1) is 8.79. The summed E-state index contributed by atoms with van der Waals surface area (Å²) in [5, 5.41) is 0. The highest BCUT2D eigenvalue weighted by molar-refractivity contribution is 5.30. The average molecular weight is 242 g/mol. The van der Waals surface area contributed by atoms with Gasteiger partial charge in [0.25, 0.3) is 0 Å². The third-order valence-corrected chi connectivity index (χ3v) is 5.18. The molecular formula is C16H22N2. The molecule has 0 aromatic heterocycles. The fourth-order valence-corrected chi connectivity index (χ4v) is 4.50. The Morgan fingerprint density at radius 1 is 1.06 bits per heavy atom. The van der Waals surface area contributed by atoms with Crippen molar-refractivity contribution in [3.8, 4) is 0 Å². The number of piperidine rings is 2. The predicted molar refractivity (Wildman–Crippen MR) is 73.4 cm³/mol. The Hall–Kier alpha value is -0.860. The van der Waals surface area contributed by atoms with Crippen molar-refractivity contribution in [3.63, 3.8) is 0 Å². The number of rotatable bonds is 0. The van der Waals surface area contributed by atoms with E-state index >= 15 is 0 Å². The monoisotopic (exact) mass is 242 g/mol. The highest BCUT2D eigenvalue weighted by Crippen LogP contribution is 2.38. The van der Waals surface area contributed by atoms with Crippen LogP contribution in [0.25, 0.3) is 0 Å². The molecule has 2 bridgehead atoms. The molecule has 0 unspecified atom stereocenters. The van der Waals surface area contributed by atoms with Crippen molar-refractivity contribution in [2.75, 3.05) is 26.7 Å². The minimum atomic E-state index is 0.805. The number of nitrogens with zero attached hydrogens (tertiary/aromatic N) is 2. The van der Waals surface area contributed by atoms with Crippen molar-refractivity contribution in [3.05, 3.63) is 35.4 Å². The number of fused-ring (bicyclic) bond motifs is 5. The van der Waals surface area contributed by atoms with Gasteiger partial charge < -0.3 is 4.90 Å². The van der Waals surface area contributed by atoms with Crippen LogP contribution in [0.5, 0.6) is 0 Å². The van der Waals surface area contributed by atoms with E-state index in [1.54, 1.807) is 11.1 Å². The van der Waals surface area contributed by atoms with Crippen LogP contribution in [0.1, 0.15) is 17.5 Å². The number of hydrogen-bond acceptors (Lipinski definition) is 2. The Bertz CT molecular complexity index is 454. The van der Waals surface area contributed by atoms with Gasteiger partial charge in [-0.1, -0.05) is 24.3 Å². The quantitative estimate of drug-likeness (QED) is 0.686. The van der Waals surface area contributed by atoms with Crippen LogP contribution in [0, 0.1) is 11.8 Å². The molecule has 3 aliphatic rings. The van der Waals surface area contributed by atoms with Crippen molar-refractivity contribution >= 4 is 0 Å². The predicted octanol–water partition coefficient (Wildman–Crippen LogP) is 1.99. The van der Waals surface area contributed by atoms with Crippen LogP contribution in [0.4, 0.5) is 0 Å². The maximum atomic E-state index is 2.77. The van der Waals surface area contributed by atoms with Gasteiger partial charge in [-0.2, -0.15) is 0 Å². The molecule has 3 aliphatic heterocycles. The van der Waals surface area contributed by atoms with E-state index in [2.05, 4.69) is 41.1 Å². The zero-order chi connectivity index (χ0) is 12.1. The summed E-state index contributed by atoms with van der Waals surface area (Å²) in [7, 11) is 2.30. The van der Waals surface area contributed by atoms with E-state index in [1.807, 2.05) is 0 Å². The molecule has 18 heavy (non-hydrogen) atoms. The van der Waals surface area contributed by atoms with Gasteiger partial charge in [0.15, 0.2) is 0 Å². The lowest BCUT2D eigenvalue weighted by atomic mass is 9.75. The standard InChI is InChI=1S/C16H22N2/c1-17-8-12-6-15(10-17)16-7-13-4-2-3-5-14(13)11-18(16)9-12/h2-5,12,15-16H,6-11H2,1H3/t12-,15+,16-/m0/s1. The molecule has 4 rings (SSSR count). The van der Waals surface area contributed by atoms with E-state index in [-0.39, 0.29) is 0 Å². The Morgan fingerprint density at radius 2 is 1.89 bits per heavy atom. The second-order valence-corrected chi connectivity index (χ2v) is 6.55. The van der Waals surface area contributed by atoms with Crippen LogP contribution in [-0.4, -0.2) is 42.5 Å². The summed E-state index contributed by atoms with van der Waals surface area (Å²) < 4.78 is 0. The molecule has 96 valence electrons. The molecule has 0 radical (unpaired) electrons. The van der Waals surface area contributed by atoms with Gasteiger partial charge in [-0.05, 0) is 42.9 Å². The number of hydrogen-bond donors (Lipinski definition) is 0. The minimum Gasteiger partial charge on any atom is -0.306 e. The molecule has 0 amide bonds. The van der Waals surface area contributed by atoms with Crippen LogP contribution in [-0.2, 0) is 13.0 Å². The highest BCUT2D eigenvalue weighted by Gasteiger charge is 2.41. The van der Waals surface area contributed by atoms with Crippen molar-refractivity contribution in [1.29, 1.82) is 0 Å². The Morgan fingerprint density at radius 3 is 2.78 bits per heavy atom. The second kappa shape index (κ2) is 4.07. The highest BCUT2D eigenvalue weighted by atomic mass is 15.2. The Labute approximate surface area is 110 Å². The smallest absolute Gasteiger partial charge is 0.0239 e. The normalized spacial score (nSPS) is 35.9. The van der Waals surface area contributed by atoms with E-state index in [0.717, 1.165) is 17.9 Å². The molecule has 2 saturated heterocycles. The van der Waals surface area contributed by atoms with E-state index in [9.17, 15) is 0 Å². The van der Waals surface area contributed by atoms with Gasteiger partial charge in [0, 0.05) is 32.2 Å². The molecule has 0 saturated carbocycles. The zero-order valence-corrected chi connectivity index (χ0v) is 11.2. The summed E-state index contributed by atoms with van der Waals surface area (Å²) in [5.41, 5.74) is 3.17. The topological polar surface area (TPSA) is 6.48 Å². The molecule has 1 aromatic rings. The first-order valence-corrected chi connectivity index (χ1v) is 7.29. The first kappa shape index (κ1) is 11.0. The van der Waals surface area contributed by atoms with Gasteiger partial charge in [-0.15, -0.1) is 0 Å². The molecular weight excluding hydrogens is 220 g/mol. The Balaban J connectivity index is 1.65. The van der Waals surface area contributed by atoms with Crippen molar-refractivity contribution in [1.82, 2.24) is 9.80 Å². The molecule has 2 fully saturated rings. The van der Waals surface area contributed by atoms with Gasteiger partial charge in [0.2, 0.25) is 0 Å². The van der Waals surface area contributed by atoms with Gasteiger partial charge in [0.1, 0.15) is 0 Å². The summed E-state index contributed by atoms with van der Waals surface area (Å²) >= 11 is 0. The van der Waals surface area contributed by atoms with Crippen LogP contribution >= 0.6 is 0 Å². The Kier molecular flexibility index (Phi) is 2.49. The fraction of sp³-hybridized carbons (Fsp3) is 0.625. The summed E-state index contributed by atoms with van der Waals surface area (Å²) in [6.07, 6.45) is 2.75. The van der Waals surface area contributed by atoms with Gasteiger partial charge in [-0.3, -0.25) is 4.90 Å². The molecule has 2 nitrogen and oxygen atoms in total. The molecule has 0 aliphatic carbocycles. The number of benzene rings is 1. The van der Waals surface area contributed by atoms with E-state index in [0.29, 0.717) is 0 Å². The molecule has 0 spiro atoms. The summed E-state index contributed by atoms with van der Waals surface area (Å²) in [4.78, 5) is 5.32. The van der Waals surface area contributed by atoms with Crippen LogP contribution in [0.2, 0.25) is 0 Å². The lowest BCUT2D eigenvalue weighted by molar-refractivity contribution is -0.0156. The van der Waals surface area contributed by atoms with Crippen molar-refractivity contribution < 1.29 is 0 Å². The van der Waals surface area contributed by atoms with Crippen molar-refractivity contribution in [2.24, 2.45) is 11.8 Å². The SMILES string of the molecule is CN1C[C@@H]2C[C@H](C1)[C@@H]1Cc3ccccc3CN1C2. The molecule has 3 atom stereocenters. The third-order valence-electron chi connectivity index (χ3n) is 5.18. The van der Waals surface area contributed by atoms with Gasteiger partial charge in [-0.25, -0.2) is 0 Å². The molecule has 2 heteroatoms. The molecule has 0 N–H and O–H groups in total. The second-order valence-electron chi connectivity index (χ2n) is 6.55. The lowest BCUT2D eigenvalue weighted by Crippen LogP contribution is -2.58. The molecule has 1 aromatic carbocycles. The summed E-state index contributed by atoms with van der Waals surface area (Å²) in [6.45, 7) is 5.12. The van der Waals surface area contributed by atoms with Crippen molar-refractivity contribution in [2.45, 2.75) is 25.4 Å². The minimum absolute atomic E-state index is 0.805. The number of likely N-dealkylation sites (tertiary alicyclic amines) is 1. The van der Waals surface area contributed by atoms with Crippen LogP contribution < -0.4 is 0 Å². The summed E-state index contributed by atoms with van der Waals surface area (Å²) in [5.74, 6) is 1.81.